The molecule has 0 N–H and O–H groups in total. The van der Waals surface area contributed by atoms with E-state index >= 15 is 0 Å². The molecule has 0 radical (unpaired) electrons. The lowest BCUT2D eigenvalue weighted by atomic mass is 9.91. The Balaban J connectivity index is 0.000000293. The van der Waals surface area contributed by atoms with Crippen LogP contribution in [0.1, 0.15) is 129 Å². The van der Waals surface area contributed by atoms with Gasteiger partial charge in [-0.25, -0.2) is 9.97 Å². The van der Waals surface area contributed by atoms with Crippen molar-refractivity contribution in [2.45, 2.75) is 136 Å². The van der Waals surface area contributed by atoms with E-state index in [-0.39, 0.29) is 16.2 Å². The summed E-state index contributed by atoms with van der Waals surface area (Å²) in [6.45, 7) is 33.9. The SMILES string of the molecule is Cc1cc(CC(C)(C)C)no1.Cc1cc(CC(C)(C)C)on1.Cc1cnc(CC(C)(C)C)o1.Cc1coc(CC(C)(C)C)n1. The first-order chi connectivity index (χ1) is 19.9. The number of hydrogen-bond acceptors (Lipinski definition) is 8. The normalized spacial score (nSPS) is 12.0. The Morgan fingerprint density at radius 2 is 1.11 bits per heavy atom. The first kappa shape index (κ1) is 38.9. The van der Waals surface area contributed by atoms with Gasteiger partial charge in [-0.2, -0.15) is 0 Å². The third kappa shape index (κ3) is 19.9. The van der Waals surface area contributed by atoms with Gasteiger partial charge in [-0.05, 0) is 55.8 Å². The highest BCUT2D eigenvalue weighted by molar-refractivity contribution is 5.05. The third-order valence-corrected chi connectivity index (χ3v) is 5.47. The fourth-order valence-electron chi connectivity index (χ4n) is 3.94. The molecule has 0 saturated carbocycles. The molecular formula is C36H60N4O4. The lowest BCUT2D eigenvalue weighted by molar-refractivity contribution is 0.319. The second-order valence-corrected chi connectivity index (χ2v) is 16.6. The Morgan fingerprint density at radius 1 is 0.568 bits per heavy atom. The zero-order chi connectivity index (χ0) is 33.9. The van der Waals surface area contributed by atoms with E-state index < -0.39 is 0 Å². The number of oxazole rings is 2. The molecule has 4 aromatic rings. The topological polar surface area (TPSA) is 104 Å². The minimum Gasteiger partial charge on any atom is -0.449 e. The van der Waals surface area contributed by atoms with Crippen molar-refractivity contribution in [3.63, 3.8) is 0 Å². The van der Waals surface area contributed by atoms with Crippen molar-refractivity contribution in [3.05, 3.63) is 70.7 Å². The Labute approximate surface area is 266 Å². The van der Waals surface area contributed by atoms with Gasteiger partial charge in [-0.3, -0.25) is 0 Å². The summed E-state index contributed by atoms with van der Waals surface area (Å²) in [6.07, 6.45) is 7.20. The van der Waals surface area contributed by atoms with Gasteiger partial charge in [0.05, 0.1) is 23.3 Å². The van der Waals surface area contributed by atoms with Gasteiger partial charge >= 0.3 is 0 Å². The van der Waals surface area contributed by atoms with Gasteiger partial charge in [-0.15, -0.1) is 0 Å². The van der Waals surface area contributed by atoms with E-state index in [1.54, 1.807) is 12.5 Å². The maximum absolute atomic E-state index is 5.35. The number of aryl methyl sites for hydroxylation is 4. The van der Waals surface area contributed by atoms with Crippen LogP contribution in [-0.2, 0) is 25.7 Å². The molecule has 0 aliphatic carbocycles. The molecule has 0 spiro atoms. The molecule has 248 valence electrons. The zero-order valence-electron chi connectivity index (χ0n) is 30.6. The molecule has 4 heterocycles. The van der Waals surface area contributed by atoms with E-state index in [1.807, 2.05) is 39.8 Å². The standard InChI is InChI=1S/4C9H15NO/c1-7-6-11-8(10-7)5-9(2,3)4;1-7-6-10-8(11-7)5-9(2,3)4;1-7-5-8(10-11-7)6-9(2,3)4;1-7-5-8(11-10-7)6-9(2,3)4/h2*6H,5H2,1-4H3;2*5H,6H2,1-4H3. The van der Waals surface area contributed by atoms with Crippen molar-refractivity contribution in [3.8, 4) is 0 Å². The van der Waals surface area contributed by atoms with Crippen LogP contribution in [0.5, 0.6) is 0 Å². The van der Waals surface area contributed by atoms with Crippen LogP contribution in [0.25, 0.3) is 0 Å². The van der Waals surface area contributed by atoms with E-state index in [1.165, 1.54) is 0 Å². The minimum absolute atomic E-state index is 0.261. The predicted molar refractivity (Wildman–Crippen MR) is 178 cm³/mol. The average Bonchev–Trinajstić information content (AvgIpc) is 3.57. The summed E-state index contributed by atoms with van der Waals surface area (Å²) in [4.78, 5) is 8.36. The lowest BCUT2D eigenvalue weighted by Crippen LogP contribution is -2.09. The van der Waals surface area contributed by atoms with Crippen LogP contribution in [0.3, 0.4) is 0 Å². The lowest BCUT2D eigenvalue weighted by Gasteiger charge is -2.14. The molecule has 4 aromatic heterocycles. The monoisotopic (exact) mass is 612 g/mol. The van der Waals surface area contributed by atoms with Gasteiger partial charge in [0.1, 0.15) is 23.5 Å². The van der Waals surface area contributed by atoms with Crippen molar-refractivity contribution in [2.24, 2.45) is 21.7 Å². The third-order valence-electron chi connectivity index (χ3n) is 5.47. The fraction of sp³-hybridized carbons (Fsp3) is 0.667. The number of nitrogens with zero attached hydrogens (tertiary/aromatic N) is 4. The number of aromatic nitrogens is 4. The van der Waals surface area contributed by atoms with Gasteiger partial charge in [0.15, 0.2) is 11.8 Å². The van der Waals surface area contributed by atoms with Crippen LogP contribution in [0.2, 0.25) is 0 Å². The zero-order valence-corrected chi connectivity index (χ0v) is 30.6. The molecule has 0 aliphatic rings. The highest BCUT2D eigenvalue weighted by Crippen LogP contribution is 2.22. The second kappa shape index (κ2) is 16.2. The van der Waals surface area contributed by atoms with Crippen LogP contribution < -0.4 is 0 Å². The summed E-state index contributed by atoms with van der Waals surface area (Å²) in [7, 11) is 0. The van der Waals surface area contributed by atoms with E-state index in [0.29, 0.717) is 5.41 Å². The van der Waals surface area contributed by atoms with E-state index in [0.717, 1.165) is 71.8 Å². The molecule has 4 rings (SSSR count). The van der Waals surface area contributed by atoms with Gasteiger partial charge in [0, 0.05) is 31.4 Å². The summed E-state index contributed by atoms with van der Waals surface area (Å²) in [5.41, 5.74) is 4.08. The van der Waals surface area contributed by atoms with Crippen LogP contribution in [0, 0.1) is 49.4 Å². The summed E-state index contributed by atoms with van der Waals surface area (Å²) >= 11 is 0. The van der Waals surface area contributed by atoms with Crippen LogP contribution >= 0.6 is 0 Å². The molecule has 0 saturated heterocycles. The smallest absolute Gasteiger partial charge is 0.194 e. The highest BCUT2D eigenvalue weighted by atomic mass is 16.5. The maximum atomic E-state index is 5.35. The van der Waals surface area contributed by atoms with Crippen molar-refractivity contribution in [1.29, 1.82) is 0 Å². The van der Waals surface area contributed by atoms with Gasteiger partial charge < -0.3 is 17.9 Å². The first-order valence-corrected chi connectivity index (χ1v) is 15.6. The average molecular weight is 613 g/mol. The summed E-state index contributed by atoms with van der Waals surface area (Å²) < 4.78 is 20.6. The summed E-state index contributed by atoms with van der Waals surface area (Å²) in [6, 6.07) is 3.98. The fourth-order valence-corrected chi connectivity index (χ4v) is 3.94. The molecule has 0 aliphatic heterocycles. The van der Waals surface area contributed by atoms with Crippen molar-refractivity contribution in [1.82, 2.24) is 20.3 Å². The highest BCUT2D eigenvalue weighted by Gasteiger charge is 2.16. The van der Waals surface area contributed by atoms with Crippen LogP contribution in [0.15, 0.2) is 42.5 Å². The van der Waals surface area contributed by atoms with Crippen LogP contribution in [0.4, 0.5) is 0 Å². The van der Waals surface area contributed by atoms with Gasteiger partial charge in [-0.1, -0.05) is 93.4 Å². The first-order valence-electron chi connectivity index (χ1n) is 15.6. The van der Waals surface area contributed by atoms with Gasteiger partial charge in [0.25, 0.3) is 0 Å². The Hall–Kier alpha value is -3.16. The Kier molecular flexibility index (Phi) is 14.3. The van der Waals surface area contributed by atoms with E-state index in [4.69, 9.17) is 17.9 Å². The molecule has 0 unspecified atom stereocenters. The number of hydrogen-bond donors (Lipinski definition) is 0. The molecule has 0 fully saturated rings. The van der Waals surface area contributed by atoms with Crippen LogP contribution in [-0.4, -0.2) is 20.3 Å². The van der Waals surface area contributed by atoms with Gasteiger partial charge in [0.2, 0.25) is 0 Å². The molecule has 0 aromatic carbocycles. The van der Waals surface area contributed by atoms with Crippen molar-refractivity contribution in [2.75, 3.05) is 0 Å². The molecule has 44 heavy (non-hydrogen) atoms. The number of rotatable bonds is 4. The van der Waals surface area contributed by atoms with E-state index in [2.05, 4.69) is 103 Å². The molecule has 0 bridgehead atoms. The molecule has 8 nitrogen and oxygen atoms in total. The maximum Gasteiger partial charge on any atom is 0.194 e. The van der Waals surface area contributed by atoms with Crippen molar-refractivity contribution < 1.29 is 17.9 Å². The minimum atomic E-state index is 0.261. The molecule has 0 amide bonds. The molecule has 0 atom stereocenters. The van der Waals surface area contributed by atoms with Crippen molar-refractivity contribution >= 4 is 0 Å². The largest absolute Gasteiger partial charge is 0.449 e. The molecular weight excluding hydrogens is 552 g/mol. The molecule has 8 heteroatoms. The Morgan fingerprint density at radius 3 is 1.48 bits per heavy atom. The summed E-state index contributed by atoms with van der Waals surface area (Å²) in [5.74, 6) is 4.45. The second-order valence-electron chi connectivity index (χ2n) is 16.6. The Bertz CT molecular complexity index is 1140. The quantitative estimate of drug-likeness (QED) is 0.224. The summed E-state index contributed by atoms with van der Waals surface area (Å²) in [5, 5.41) is 7.75. The van der Waals surface area contributed by atoms with E-state index in [9.17, 15) is 0 Å². The predicted octanol–water partition coefficient (Wildman–Crippen LogP) is 10.3.